The molecule has 4 rings (SSSR count). The monoisotopic (exact) mass is 596 g/mol. The van der Waals surface area contributed by atoms with Crippen LogP contribution in [0.1, 0.15) is 27.0 Å². The van der Waals surface area contributed by atoms with E-state index in [1.54, 1.807) is 72.8 Å². The summed E-state index contributed by atoms with van der Waals surface area (Å²) >= 11 is 24.5. The highest BCUT2D eigenvalue weighted by Gasteiger charge is 2.08. The van der Waals surface area contributed by atoms with Gasteiger partial charge in [0.2, 0.25) is 0 Å². The molecule has 7 nitrogen and oxygen atoms in total. The molecule has 4 aromatic rings. The Hall–Kier alpha value is -3.88. The van der Waals surface area contributed by atoms with E-state index in [1.165, 1.54) is 24.3 Å². The highest BCUT2D eigenvalue weighted by molar-refractivity contribution is 6.70. The van der Waals surface area contributed by atoms with Crippen LogP contribution in [0.3, 0.4) is 0 Å². The lowest BCUT2D eigenvalue weighted by Gasteiger charge is -2.03. The molecule has 0 aliphatic rings. The molecule has 0 aliphatic carbocycles. The molecule has 0 atom stereocenters. The number of hydrogen-bond donors (Lipinski definition) is 0. The Morgan fingerprint density at radius 3 is 1.08 bits per heavy atom. The maximum absolute atomic E-state index is 11.2. The summed E-state index contributed by atoms with van der Waals surface area (Å²) < 4.78 is 0. The number of hydrogen-bond acceptors (Lipinski definition) is 6. The zero-order valence-corrected chi connectivity index (χ0v) is 22.8. The van der Waals surface area contributed by atoms with Crippen LogP contribution >= 0.6 is 46.4 Å². The fourth-order valence-electron chi connectivity index (χ4n) is 3.27. The Bertz CT molecular complexity index is 1600. The molecule has 0 N–H and O–H groups in total. The average molecular weight is 598 g/mol. The lowest BCUT2D eigenvalue weighted by Crippen LogP contribution is -1.93. The third-order valence-corrected chi connectivity index (χ3v) is 6.43. The van der Waals surface area contributed by atoms with E-state index in [0.717, 1.165) is 0 Å². The lowest BCUT2D eigenvalue weighted by molar-refractivity contribution is -0.384. The van der Waals surface area contributed by atoms with E-state index >= 15 is 0 Å². The SMILES string of the molecule is O=C(Cl)c1ccc(N=C(Cl)c2ccc(N=C(Cl)c3ccc(N=C(Cl)c4ccc([N+](=O)[O-])cc4)cc3)cc2)cc1. The number of nitrogens with zero attached hydrogens (tertiary/aromatic N) is 4. The molecule has 0 amide bonds. The first kappa shape index (κ1) is 28.1. The zero-order chi connectivity index (χ0) is 27.9. The van der Waals surface area contributed by atoms with E-state index in [9.17, 15) is 14.9 Å². The number of rotatable bonds is 8. The van der Waals surface area contributed by atoms with Crippen molar-refractivity contribution in [2.24, 2.45) is 15.0 Å². The van der Waals surface area contributed by atoms with Crippen molar-refractivity contribution in [2.75, 3.05) is 0 Å². The smallest absolute Gasteiger partial charge is 0.269 e. The highest BCUT2D eigenvalue weighted by Crippen LogP contribution is 2.23. The first-order valence-electron chi connectivity index (χ1n) is 11.2. The number of carbonyl (C=O) groups excluding carboxylic acids is 1. The van der Waals surface area contributed by atoms with Gasteiger partial charge in [-0.05, 0) is 96.5 Å². The molecule has 4 aromatic carbocycles. The number of benzene rings is 4. The van der Waals surface area contributed by atoms with E-state index in [4.69, 9.17) is 46.4 Å². The summed E-state index contributed by atoms with van der Waals surface area (Å²) in [4.78, 5) is 34.6. The van der Waals surface area contributed by atoms with Gasteiger partial charge in [-0.1, -0.05) is 34.8 Å². The fraction of sp³-hybridized carbons (Fsp3) is 0. The summed E-state index contributed by atoms with van der Waals surface area (Å²) in [7, 11) is 0. The summed E-state index contributed by atoms with van der Waals surface area (Å²) in [6.07, 6.45) is 0. The van der Waals surface area contributed by atoms with E-state index in [-0.39, 0.29) is 21.2 Å². The van der Waals surface area contributed by atoms with Gasteiger partial charge in [0.15, 0.2) is 0 Å². The van der Waals surface area contributed by atoms with Crippen LogP contribution < -0.4 is 0 Å². The molecule has 0 fully saturated rings. The van der Waals surface area contributed by atoms with E-state index < -0.39 is 10.2 Å². The highest BCUT2D eigenvalue weighted by atomic mass is 35.5. The molecule has 0 bridgehead atoms. The van der Waals surface area contributed by atoms with Gasteiger partial charge in [0.05, 0.1) is 22.0 Å². The van der Waals surface area contributed by atoms with Gasteiger partial charge < -0.3 is 0 Å². The van der Waals surface area contributed by atoms with E-state index in [1.807, 2.05) is 0 Å². The summed E-state index contributed by atoms with van der Waals surface area (Å²) in [5.41, 5.74) is 4.02. The van der Waals surface area contributed by atoms with Crippen molar-refractivity contribution in [2.45, 2.75) is 0 Å². The van der Waals surface area contributed by atoms with Crippen molar-refractivity contribution in [1.29, 1.82) is 0 Å². The van der Waals surface area contributed by atoms with Crippen LogP contribution in [0.25, 0.3) is 0 Å². The predicted molar refractivity (Wildman–Crippen MR) is 159 cm³/mol. The molecule has 11 heteroatoms. The van der Waals surface area contributed by atoms with Gasteiger partial charge in [-0.25, -0.2) is 15.0 Å². The van der Waals surface area contributed by atoms with Crippen LogP contribution in [0.2, 0.25) is 0 Å². The third kappa shape index (κ3) is 7.59. The Labute approximate surface area is 243 Å². The fourth-order valence-corrected chi connectivity index (χ4v) is 4.07. The summed E-state index contributed by atoms with van der Waals surface area (Å²) in [5, 5.41) is 11.0. The minimum absolute atomic E-state index is 0.0271. The molecule has 0 aromatic heterocycles. The molecule has 0 heterocycles. The van der Waals surface area contributed by atoms with Crippen molar-refractivity contribution in [3.8, 4) is 0 Å². The first-order valence-corrected chi connectivity index (χ1v) is 12.7. The molecular formula is C28H16Cl4N4O3. The minimum atomic E-state index is -0.542. The number of aliphatic imine (C=N–C) groups is 3. The molecule has 194 valence electrons. The van der Waals surface area contributed by atoms with Gasteiger partial charge in [-0.2, -0.15) is 0 Å². The van der Waals surface area contributed by atoms with E-state index in [0.29, 0.717) is 39.3 Å². The molecule has 0 saturated heterocycles. The Balaban J connectivity index is 1.43. The minimum Gasteiger partial charge on any atom is -0.276 e. The number of carbonyl (C=O) groups is 1. The molecule has 0 unspecified atom stereocenters. The van der Waals surface area contributed by atoms with Crippen LogP contribution in [-0.2, 0) is 0 Å². The average Bonchev–Trinajstić information content (AvgIpc) is 2.94. The second-order valence-corrected chi connectivity index (χ2v) is 9.34. The molecule has 39 heavy (non-hydrogen) atoms. The second kappa shape index (κ2) is 12.8. The Kier molecular flexibility index (Phi) is 9.22. The number of nitro benzene ring substituents is 1. The normalized spacial score (nSPS) is 12.4. The lowest BCUT2D eigenvalue weighted by atomic mass is 10.2. The molecular weight excluding hydrogens is 582 g/mol. The summed E-state index contributed by atoms with van der Waals surface area (Å²) in [6.45, 7) is 0. The van der Waals surface area contributed by atoms with Crippen molar-refractivity contribution < 1.29 is 9.72 Å². The Morgan fingerprint density at radius 2 is 0.795 bits per heavy atom. The molecule has 0 radical (unpaired) electrons. The third-order valence-electron chi connectivity index (χ3n) is 5.30. The standard InChI is InChI=1S/C28H16Cl4N4O3/c29-25(17-3-11-22(12-4-17)34-27(31)19-7-15-24(16-8-19)36(38)39)33-21-9-1-18(2-10-21)26(30)35-23-13-5-20(6-14-23)28(32)37/h1-16H. The van der Waals surface area contributed by atoms with Crippen molar-refractivity contribution in [1.82, 2.24) is 0 Å². The molecule has 0 spiro atoms. The Morgan fingerprint density at radius 1 is 0.513 bits per heavy atom. The first-order chi connectivity index (χ1) is 18.7. The quantitative estimate of drug-likeness (QED) is 0.0877. The van der Waals surface area contributed by atoms with E-state index in [2.05, 4.69) is 15.0 Å². The van der Waals surface area contributed by atoms with Gasteiger partial charge >= 0.3 is 0 Å². The molecule has 0 saturated carbocycles. The largest absolute Gasteiger partial charge is 0.276 e. The van der Waals surface area contributed by atoms with Crippen LogP contribution in [-0.4, -0.2) is 25.7 Å². The van der Waals surface area contributed by atoms with Crippen molar-refractivity contribution in [3.05, 3.63) is 129 Å². The maximum atomic E-state index is 11.2. The maximum Gasteiger partial charge on any atom is 0.269 e. The van der Waals surface area contributed by atoms with Crippen LogP contribution in [0.4, 0.5) is 22.7 Å². The summed E-state index contributed by atoms with van der Waals surface area (Å²) in [5.74, 6) is 0. The zero-order valence-electron chi connectivity index (χ0n) is 19.8. The van der Waals surface area contributed by atoms with Crippen molar-refractivity contribution in [3.63, 3.8) is 0 Å². The topological polar surface area (TPSA) is 97.3 Å². The summed E-state index contributed by atoms with van der Waals surface area (Å²) in [6, 6.07) is 26.3. The molecule has 0 aliphatic heterocycles. The van der Waals surface area contributed by atoms with Gasteiger partial charge in [0.25, 0.3) is 10.9 Å². The number of non-ortho nitro benzene ring substituents is 1. The van der Waals surface area contributed by atoms with Gasteiger partial charge in [0.1, 0.15) is 15.5 Å². The number of nitro groups is 1. The predicted octanol–water partition coefficient (Wildman–Crippen LogP) is 8.93. The van der Waals surface area contributed by atoms with Crippen LogP contribution in [0.5, 0.6) is 0 Å². The van der Waals surface area contributed by atoms with Crippen LogP contribution in [0, 0.1) is 10.1 Å². The van der Waals surface area contributed by atoms with Gasteiger partial charge in [0, 0.05) is 34.4 Å². The van der Waals surface area contributed by atoms with Crippen molar-refractivity contribution >= 4 is 89.9 Å². The van der Waals surface area contributed by atoms with Gasteiger partial charge in [-0.15, -0.1) is 0 Å². The second-order valence-electron chi connectivity index (χ2n) is 7.93. The van der Waals surface area contributed by atoms with Gasteiger partial charge in [-0.3, -0.25) is 14.9 Å². The van der Waals surface area contributed by atoms with Crippen LogP contribution in [0.15, 0.2) is 112 Å². The number of halogens is 4.